The van der Waals surface area contributed by atoms with E-state index in [1.165, 1.54) is 5.56 Å². The summed E-state index contributed by atoms with van der Waals surface area (Å²) < 4.78 is 0. The van der Waals surface area contributed by atoms with Gasteiger partial charge in [-0.25, -0.2) is 0 Å². The second-order valence-electron chi connectivity index (χ2n) is 9.99. The van der Waals surface area contributed by atoms with Gasteiger partial charge < -0.3 is 10.2 Å². The maximum atomic E-state index is 10.8. The Morgan fingerprint density at radius 1 is 0.548 bits per heavy atom. The highest BCUT2D eigenvalue weighted by molar-refractivity contribution is 5.76. The second kappa shape index (κ2) is 11.4. The number of carbonyl (C=O) groups excluding carboxylic acids is 1. The molecule has 0 unspecified atom stereocenters. The molecule has 0 aliphatic heterocycles. The number of aldehydes is 1. The Labute approximate surface area is 189 Å². The first-order valence-electron chi connectivity index (χ1n) is 11.5. The van der Waals surface area contributed by atoms with Gasteiger partial charge in [0, 0.05) is 5.56 Å². The lowest BCUT2D eigenvalue weighted by atomic mass is 9.88. The normalized spacial score (nSPS) is 11.5. The van der Waals surface area contributed by atoms with Crippen molar-refractivity contribution in [2.75, 3.05) is 0 Å². The lowest BCUT2D eigenvalue weighted by Gasteiger charge is -2.18. The molecule has 3 nitrogen and oxygen atoms in total. The number of hydrogen-bond donors (Lipinski definition) is 2. The number of rotatable bonds is 6. The third kappa shape index (κ3) is 6.85. The summed E-state index contributed by atoms with van der Waals surface area (Å²) in [4.78, 5) is 10.8. The van der Waals surface area contributed by atoms with Gasteiger partial charge in [-0.1, -0.05) is 81.4 Å². The highest BCUT2D eigenvalue weighted by atomic mass is 16.3. The standard InChI is InChI=1S/C15H24O.C13H18O2/c1-9(2)12-7-13(10(3)4)15(16)14(8-12)11(5)6;1-8(2)11-5-10(7-14)6-12(9(3)4)13(11)15/h7-11,16H,1-6H3;5-9,15H,1-4H3. The van der Waals surface area contributed by atoms with E-state index in [2.05, 4.69) is 53.7 Å². The van der Waals surface area contributed by atoms with E-state index < -0.39 is 0 Å². The molecular weight excluding hydrogens is 384 g/mol. The minimum absolute atomic E-state index is 0.224. The van der Waals surface area contributed by atoms with Crippen molar-refractivity contribution in [3.8, 4) is 11.5 Å². The average molecular weight is 427 g/mol. The molecule has 0 aromatic heterocycles. The van der Waals surface area contributed by atoms with E-state index in [4.69, 9.17) is 0 Å². The Morgan fingerprint density at radius 2 is 0.839 bits per heavy atom. The lowest BCUT2D eigenvalue weighted by Crippen LogP contribution is -1.99. The Morgan fingerprint density at radius 3 is 1.06 bits per heavy atom. The highest BCUT2D eigenvalue weighted by Gasteiger charge is 2.16. The maximum absolute atomic E-state index is 10.8. The van der Waals surface area contributed by atoms with Crippen LogP contribution in [0.5, 0.6) is 11.5 Å². The SMILES string of the molecule is CC(C)c1cc(C(C)C)c(O)c(C(C)C)c1.CC(C)c1cc(C=O)cc(C(C)C)c1O. The number of phenols is 2. The molecule has 0 saturated heterocycles. The van der Waals surface area contributed by atoms with Crippen LogP contribution >= 0.6 is 0 Å². The quantitative estimate of drug-likeness (QED) is 0.457. The number of carbonyl (C=O) groups is 1. The van der Waals surface area contributed by atoms with Crippen LogP contribution < -0.4 is 0 Å². The van der Waals surface area contributed by atoms with E-state index in [1.807, 2.05) is 27.7 Å². The fraction of sp³-hybridized carbons (Fsp3) is 0.536. The van der Waals surface area contributed by atoms with Gasteiger partial charge in [0.15, 0.2) is 0 Å². The monoisotopic (exact) mass is 426 g/mol. The van der Waals surface area contributed by atoms with Gasteiger partial charge in [-0.2, -0.15) is 0 Å². The molecule has 3 heteroatoms. The van der Waals surface area contributed by atoms with Crippen molar-refractivity contribution in [1.82, 2.24) is 0 Å². The van der Waals surface area contributed by atoms with E-state index in [9.17, 15) is 15.0 Å². The van der Waals surface area contributed by atoms with Gasteiger partial charge in [-0.05, 0) is 69.5 Å². The molecule has 2 aromatic carbocycles. The third-order valence-electron chi connectivity index (χ3n) is 5.67. The zero-order chi connectivity index (χ0) is 24.0. The predicted molar refractivity (Wildman–Crippen MR) is 132 cm³/mol. The van der Waals surface area contributed by atoms with Gasteiger partial charge in [0.1, 0.15) is 17.8 Å². The second-order valence-corrected chi connectivity index (χ2v) is 9.99. The minimum Gasteiger partial charge on any atom is -0.507 e. The Balaban J connectivity index is 0.000000311. The van der Waals surface area contributed by atoms with Crippen molar-refractivity contribution in [2.45, 2.75) is 98.8 Å². The molecule has 31 heavy (non-hydrogen) atoms. The predicted octanol–water partition coefficient (Wildman–Crippen LogP) is 8.21. The number of benzene rings is 2. The zero-order valence-electron chi connectivity index (χ0n) is 21.1. The summed E-state index contributed by atoms with van der Waals surface area (Å²) in [5, 5.41) is 20.3. The molecule has 0 saturated carbocycles. The molecule has 0 fully saturated rings. The van der Waals surface area contributed by atoms with Crippen molar-refractivity contribution >= 4 is 6.29 Å². The van der Waals surface area contributed by atoms with Crippen molar-refractivity contribution in [2.24, 2.45) is 0 Å². The van der Waals surface area contributed by atoms with Crippen LogP contribution in [0.25, 0.3) is 0 Å². The summed E-state index contributed by atoms with van der Waals surface area (Å²) in [5.41, 5.74) is 5.82. The summed E-state index contributed by atoms with van der Waals surface area (Å²) in [7, 11) is 0. The van der Waals surface area contributed by atoms with Crippen molar-refractivity contribution in [3.63, 3.8) is 0 Å². The first-order valence-corrected chi connectivity index (χ1v) is 11.5. The third-order valence-corrected chi connectivity index (χ3v) is 5.67. The van der Waals surface area contributed by atoms with Crippen molar-refractivity contribution < 1.29 is 15.0 Å². The summed E-state index contributed by atoms with van der Waals surface area (Å²) >= 11 is 0. The summed E-state index contributed by atoms with van der Waals surface area (Å²) in [6.07, 6.45) is 0.831. The molecule has 0 aliphatic rings. The fourth-order valence-corrected chi connectivity index (χ4v) is 3.57. The van der Waals surface area contributed by atoms with Gasteiger partial charge in [-0.15, -0.1) is 0 Å². The molecule has 0 bridgehead atoms. The lowest BCUT2D eigenvalue weighted by molar-refractivity contribution is 0.112. The molecule has 0 atom stereocenters. The minimum atomic E-state index is 0.224. The van der Waals surface area contributed by atoms with E-state index in [1.54, 1.807) is 12.1 Å². The van der Waals surface area contributed by atoms with E-state index in [0.717, 1.165) is 28.5 Å². The number of phenolic OH excluding ortho intramolecular Hbond substituents is 2. The van der Waals surface area contributed by atoms with E-state index in [-0.39, 0.29) is 11.8 Å². The van der Waals surface area contributed by atoms with Crippen molar-refractivity contribution in [1.29, 1.82) is 0 Å². The zero-order valence-corrected chi connectivity index (χ0v) is 21.1. The van der Waals surface area contributed by atoms with E-state index in [0.29, 0.717) is 34.8 Å². The van der Waals surface area contributed by atoms with Crippen LogP contribution in [0.1, 0.15) is 137 Å². The van der Waals surface area contributed by atoms with Gasteiger partial charge in [-0.3, -0.25) is 4.79 Å². The maximum Gasteiger partial charge on any atom is 0.150 e. The molecule has 0 aliphatic carbocycles. The highest BCUT2D eigenvalue weighted by Crippen LogP contribution is 2.36. The van der Waals surface area contributed by atoms with Crippen LogP contribution in [0.4, 0.5) is 0 Å². The molecule has 0 amide bonds. The van der Waals surface area contributed by atoms with Crippen LogP contribution in [0.2, 0.25) is 0 Å². The Hall–Kier alpha value is -2.29. The molecule has 2 aromatic rings. The summed E-state index contributed by atoms with van der Waals surface area (Å²) in [5.74, 6) is 2.53. The molecule has 2 N–H and O–H groups in total. The van der Waals surface area contributed by atoms with Crippen molar-refractivity contribution in [3.05, 3.63) is 57.6 Å². The Kier molecular flexibility index (Phi) is 9.80. The fourth-order valence-electron chi connectivity index (χ4n) is 3.57. The van der Waals surface area contributed by atoms with Crippen LogP contribution in [0.3, 0.4) is 0 Å². The summed E-state index contributed by atoms with van der Waals surface area (Å²) in [6.45, 7) is 20.9. The molecular formula is C28H42O3. The average Bonchev–Trinajstić information content (AvgIpc) is 2.67. The first kappa shape index (κ1) is 26.7. The molecule has 0 heterocycles. The molecule has 172 valence electrons. The van der Waals surface area contributed by atoms with Gasteiger partial charge in [0.2, 0.25) is 0 Å². The van der Waals surface area contributed by atoms with Gasteiger partial charge >= 0.3 is 0 Å². The smallest absolute Gasteiger partial charge is 0.150 e. The molecule has 0 radical (unpaired) electrons. The largest absolute Gasteiger partial charge is 0.507 e. The van der Waals surface area contributed by atoms with Crippen LogP contribution in [0, 0.1) is 0 Å². The van der Waals surface area contributed by atoms with Crippen LogP contribution in [-0.4, -0.2) is 16.5 Å². The summed E-state index contributed by atoms with van der Waals surface area (Å²) in [6, 6.07) is 7.82. The van der Waals surface area contributed by atoms with Crippen LogP contribution in [-0.2, 0) is 0 Å². The van der Waals surface area contributed by atoms with Gasteiger partial charge in [0.25, 0.3) is 0 Å². The number of hydrogen-bond acceptors (Lipinski definition) is 3. The topological polar surface area (TPSA) is 57.5 Å². The Bertz CT molecular complexity index is 816. The number of aromatic hydroxyl groups is 2. The first-order chi connectivity index (χ1) is 14.3. The molecule has 2 rings (SSSR count). The van der Waals surface area contributed by atoms with Crippen LogP contribution in [0.15, 0.2) is 24.3 Å². The molecule has 0 spiro atoms. The van der Waals surface area contributed by atoms with E-state index >= 15 is 0 Å². The van der Waals surface area contributed by atoms with Gasteiger partial charge in [0.05, 0.1) is 0 Å².